The smallest absolute Gasteiger partial charge is 0.306 e. The molecule has 0 rings (SSSR count). The minimum atomic E-state index is -0.793. The summed E-state index contributed by atoms with van der Waals surface area (Å²) in [5, 5.41) is 0. The van der Waals surface area contributed by atoms with Gasteiger partial charge in [-0.15, -0.1) is 0 Å². The summed E-state index contributed by atoms with van der Waals surface area (Å²) >= 11 is 0. The molecule has 0 radical (unpaired) electrons. The van der Waals surface area contributed by atoms with Gasteiger partial charge in [0, 0.05) is 19.3 Å². The molecule has 362 valence electrons. The highest BCUT2D eigenvalue weighted by atomic mass is 16.6. The van der Waals surface area contributed by atoms with Gasteiger partial charge in [-0.25, -0.2) is 0 Å². The van der Waals surface area contributed by atoms with Crippen LogP contribution in [-0.4, -0.2) is 37.2 Å². The lowest BCUT2D eigenvalue weighted by Gasteiger charge is -2.18. The van der Waals surface area contributed by atoms with Gasteiger partial charge in [0.2, 0.25) is 0 Å². The number of hydrogen-bond acceptors (Lipinski definition) is 6. The maximum absolute atomic E-state index is 12.8. The molecule has 0 N–H and O–H groups in total. The minimum Gasteiger partial charge on any atom is -0.462 e. The number of unbranched alkanes of at least 4 members (excludes halogenated alkanes) is 24. The molecule has 6 nitrogen and oxygen atoms in total. The Bertz CT molecular complexity index is 1190. The van der Waals surface area contributed by atoms with E-state index in [9.17, 15) is 14.4 Å². The number of carbonyl (C=O) groups excluding carboxylic acids is 3. The molecule has 0 aromatic rings. The first-order chi connectivity index (χ1) is 31.0. The van der Waals surface area contributed by atoms with Crippen LogP contribution in [0, 0.1) is 0 Å². The van der Waals surface area contributed by atoms with Gasteiger partial charge in [0.05, 0.1) is 0 Å². The van der Waals surface area contributed by atoms with Crippen molar-refractivity contribution in [2.45, 2.75) is 258 Å². The summed E-state index contributed by atoms with van der Waals surface area (Å²) in [6.07, 6.45) is 64.5. The second kappa shape index (κ2) is 51.5. The van der Waals surface area contributed by atoms with Gasteiger partial charge in [-0.1, -0.05) is 196 Å². The zero-order valence-electron chi connectivity index (χ0n) is 41.3. The highest BCUT2D eigenvalue weighted by Gasteiger charge is 2.19. The largest absolute Gasteiger partial charge is 0.462 e. The Hall–Kier alpha value is -3.15. The van der Waals surface area contributed by atoms with Crippen LogP contribution in [0.4, 0.5) is 0 Å². The van der Waals surface area contributed by atoms with Crippen LogP contribution in [-0.2, 0) is 28.6 Å². The molecular formula is C57H98O6. The zero-order valence-corrected chi connectivity index (χ0v) is 41.3. The fourth-order valence-corrected chi connectivity index (χ4v) is 7.19. The molecule has 0 saturated heterocycles. The van der Waals surface area contributed by atoms with Crippen molar-refractivity contribution in [3.8, 4) is 0 Å². The minimum absolute atomic E-state index is 0.0911. The molecule has 0 aliphatic carbocycles. The zero-order chi connectivity index (χ0) is 45.8. The van der Waals surface area contributed by atoms with Crippen molar-refractivity contribution in [2.24, 2.45) is 0 Å². The number of esters is 3. The Morgan fingerprint density at radius 3 is 1.02 bits per heavy atom. The van der Waals surface area contributed by atoms with Gasteiger partial charge < -0.3 is 14.2 Å². The van der Waals surface area contributed by atoms with Crippen LogP contribution >= 0.6 is 0 Å². The Kier molecular flexibility index (Phi) is 48.9. The van der Waals surface area contributed by atoms with E-state index in [0.29, 0.717) is 19.3 Å². The summed E-state index contributed by atoms with van der Waals surface area (Å²) in [6, 6.07) is 0. The highest BCUT2D eigenvalue weighted by molar-refractivity contribution is 5.71. The Morgan fingerprint density at radius 1 is 0.333 bits per heavy atom. The fourth-order valence-electron chi connectivity index (χ4n) is 7.19. The van der Waals surface area contributed by atoms with Crippen molar-refractivity contribution in [3.63, 3.8) is 0 Å². The number of carbonyl (C=O) groups is 3. The van der Waals surface area contributed by atoms with E-state index in [1.807, 2.05) is 0 Å². The monoisotopic (exact) mass is 879 g/mol. The van der Waals surface area contributed by atoms with Crippen LogP contribution in [0.15, 0.2) is 72.9 Å². The molecule has 6 heteroatoms. The molecule has 0 spiro atoms. The van der Waals surface area contributed by atoms with Gasteiger partial charge in [-0.2, -0.15) is 0 Å². The molecule has 0 aromatic carbocycles. The summed E-state index contributed by atoms with van der Waals surface area (Å²) in [5.74, 6) is -0.928. The van der Waals surface area contributed by atoms with Gasteiger partial charge in [0.1, 0.15) is 13.2 Å². The number of ether oxygens (including phenoxy) is 3. The Labute approximate surface area is 389 Å². The third-order valence-corrected chi connectivity index (χ3v) is 11.2. The van der Waals surface area contributed by atoms with Crippen LogP contribution in [0.25, 0.3) is 0 Å². The predicted octanol–water partition coefficient (Wildman–Crippen LogP) is 17.4. The second-order valence-electron chi connectivity index (χ2n) is 17.4. The molecule has 0 aromatic heterocycles. The van der Waals surface area contributed by atoms with Crippen molar-refractivity contribution in [1.29, 1.82) is 0 Å². The lowest BCUT2D eigenvalue weighted by Crippen LogP contribution is -2.30. The molecule has 0 heterocycles. The molecule has 0 aliphatic rings. The van der Waals surface area contributed by atoms with Crippen molar-refractivity contribution in [2.75, 3.05) is 13.2 Å². The van der Waals surface area contributed by atoms with Crippen molar-refractivity contribution in [3.05, 3.63) is 72.9 Å². The van der Waals surface area contributed by atoms with Gasteiger partial charge in [0.15, 0.2) is 6.10 Å². The molecule has 0 fully saturated rings. The van der Waals surface area contributed by atoms with Gasteiger partial charge >= 0.3 is 17.9 Å². The summed E-state index contributed by atoms with van der Waals surface area (Å²) in [6.45, 7) is 6.46. The summed E-state index contributed by atoms with van der Waals surface area (Å²) in [7, 11) is 0. The van der Waals surface area contributed by atoms with Gasteiger partial charge in [0.25, 0.3) is 0 Å². The lowest BCUT2D eigenvalue weighted by molar-refractivity contribution is -0.167. The SMILES string of the molecule is CC/C=C\C/C=C\C/C=C\CCCCCCCC(=O)OC[C@@H](COC(=O)CCCCCCC/C=C\CCCCCCCC)OC(=O)CCCCCCC/C=C\C/C=C\CCCCC. The third kappa shape index (κ3) is 49.7. The number of allylic oxidation sites excluding steroid dienone is 12. The second-order valence-corrected chi connectivity index (χ2v) is 17.4. The molecule has 0 amide bonds. The van der Waals surface area contributed by atoms with Crippen LogP contribution in [0.1, 0.15) is 252 Å². The van der Waals surface area contributed by atoms with E-state index in [1.165, 1.54) is 83.5 Å². The molecular weight excluding hydrogens is 781 g/mol. The third-order valence-electron chi connectivity index (χ3n) is 11.2. The summed E-state index contributed by atoms with van der Waals surface area (Å²) in [5.41, 5.74) is 0. The van der Waals surface area contributed by atoms with E-state index >= 15 is 0 Å². The quantitative estimate of drug-likeness (QED) is 0.0262. The maximum Gasteiger partial charge on any atom is 0.306 e. The van der Waals surface area contributed by atoms with Crippen LogP contribution in [0.3, 0.4) is 0 Å². The Balaban J connectivity index is 4.45. The first-order valence-electron chi connectivity index (χ1n) is 26.4. The topological polar surface area (TPSA) is 78.9 Å². The summed E-state index contributed by atoms with van der Waals surface area (Å²) in [4.78, 5) is 38.0. The lowest BCUT2D eigenvalue weighted by atomic mass is 10.1. The maximum atomic E-state index is 12.8. The number of rotatable bonds is 47. The van der Waals surface area contributed by atoms with Crippen molar-refractivity contribution >= 4 is 17.9 Å². The highest BCUT2D eigenvalue weighted by Crippen LogP contribution is 2.14. The van der Waals surface area contributed by atoms with Gasteiger partial charge in [-0.3, -0.25) is 14.4 Å². The Morgan fingerprint density at radius 2 is 0.619 bits per heavy atom. The molecule has 0 unspecified atom stereocenters. The average Bonchev–Trinajstić information content (AvgIpc) is 3.28. The fraction of sp³-hybridized carbons (Fsp3) is 0.737. The van der Waals surface area contributed by atoms with Crippen LogP contribution < -0.4 is 0 Å². The first-order valence-corrected chi connectivity index (χ1v) is 26.4. The van der Waals surface area contributed by atoms with Gasteiger partial charge in [-0.05, 0) is 109 Å². The van der Waals surface area contributed by atoms with E-state index in [4.69, 9.17) is 14.2 Å². The predicted molar refractivity (Wildman–Crippen MR) is 270 cm³/mol. The number of hydrogen-bond donors (Lipinski definition) is 0. The normalized spacial score (nSPS) is 12.6. The molecule has 0 aliphatic heterocycles. The van der Waals surface area contributed by atoms with E-state index in [2.05, 4.69) is 93.7 Å². The van der Waals surface area contributed by atoms with Crippen LogP contribution in [0.2, 0.25) is 0 Å². The van der Waals surface area contributed by atoms with E-state index in [1.54, 1.807) is 0 Å². The molecule has 0 bridgehead atoms. The molecule has 63 heavy (non-hydrogen) atoms. The van der Waals surface area contributed by atoms with E-state index in [-0.39, 0.29) is 31.1 Å². The molecule has 0 saturated carbocycles. The average molecular weight is 879 g/mol. The van der Waals surface area contributed by atoms with Crippen molar-refractivity contribution < 1.29 is 28.6 Å². The standard InChI is InChI=1S/C57H98O6/c1-4-7-10-13-16-19-22-25-28-31-34-37-40-43-46-49-55(58)61-52-54(63-57(60)51-48-45-42-39-36-33-30-27-24-21-18-15-12-9-6-3)53-62-56(59)50-47-44-41-38-35-32-29-26-23-20-17-14-11-8-5-2/h7,10,16,18-19,21,25-30,54H,4-6,8-9,11-15,17,20,22-24,31-53H2,1-3H3/b10-7-,19-16-,21-18-,28-25-,29-26-,30-27-/t54-/m0/s1. The first kappa shape index (κ1) is 59.9. The van der Waals surface area contributed by atoms with E-state index in [0.717, 1.165) is 128 Å². The summed E-state index contributed by atoms with van der Waals surface area (Å²) < 4.78 is 16.8. The van der Waals surface area contributed by atoms with Crippen LogP contribution in [0.5, 0.6) is 0 Å². The molecule has 1 atom stereocenters. The van der Waals surface area contributed by atoms with E-state index < -0.39 is 6.10 Å². The van der Waals surface area contributed by atoms with Crippen molar-refractivity contribution in [1.82, 2.24) is 0 Å².